The van der Waals surface area contributed by atoms with Crippen molar-refractivity contribution in [3.8, 4) is 5.75 Å². The Hall–Kier alpha value is -1.03. The second-order valence-electron chi connectivity index (χ2n) is 4.28. The van der Waals surface area contributed by atoms with E-state index in [1.54, 1.807) is 6.92 Å². The van der Waals surface area contributed by atoms with Crippen LogP contribution in [-0.4, -0.2) is 19.1 Å². The Kier molecular flexibility index (Phi) is 6.06. The Bertz CT molecular complexity index is 539. The molecule has 1 rings (SSSR count). The molecule has 0 fully saturated rings. The summed E-state index contributed by atoms with van der Waals surface area (Å²) in [6, 6.07) is 2.33. The average molecular weight is 322 g/mol. The van der Waals surface area contributed by atoms with Crippen molar-refractivity contribution in [3.63, 3.8) is 0 Å². The van der Waals surface area contributed by atoms with Crippen LogP contribution >= 0.6 is 19.0 Å². The summed E-state index contributed by atoms with van der Waals surface area (Å²) in [4.78, 5) is 0. The number of anilines is 1. The number of nitrogens with two attached hydrogens (primary N) is 1. The van der Waals surface area contributed by atoms with Gasteiger partial charge in [-0.3, -0.25) is 4.57 Å². The molecule has 0 saturated carbocycles. The molecule has 0 aliphatic heterocycles. The molecule has 0 aliphatic rings. The first kappa shape index (κ1) is 17.0. The van der Waals surface area contributed by atoms with Crippen molar-refractivity contribution in [1.29, 1.82) is 0 Å². The summed E-state index contributed by atoms with van der Waals surface area (Å²) in [5, 5.41) is 0.0684. The zero-order chi connectivity index (χ0) is 15.3. The smallest absolute Gasteiger partial charge is 0.239 e. The van der Waals surface area contributed by atoms with E-state index in [4.69, 9.17) is 26.6 Å². The summed E-state index contributed by atoms with van der Waals surface area (Å²) in [5.41, 5.74) is 5.38. The maximum Gasteiger partial charge on any atom is 0.239 e. The Balaban J connectivity index is 2.96. The van der Waals surface area contributed by atoms with E-state index in [1.165, 1.54) is 18.8 Å². The quantitative estimate of drug-likeness (QED) is 0.462. The molecule has 0 heterocycles. The molecule has 112 valence electrons. The maximum absolute atomic E-state index is 13.2. The monoisotopic (exact) mass is 321 g/mol. The van der Waals surface area contributed by atoms with Gasteiger partial charge >= 0.3 is 0 Å². The minimum absolute atomic E-state index is 0.0684. The number of benzene rings is 1. The molecule has 2 unspecified atom stereocenters. The van der Waals surface area contributed by atoms with E-state index >= 15 is 0 Å². The van der Waals surface area contributed by atoms with Gasteiger partial charge in [-0.05, 0) is 12.5 Å². The van der Waals surface area contributed by atoms with Gasteiger partial charge in [0.15, 0.2) is 5.85 Å². The van der Waals surface area contributed by atoms with Crippen LogP contribution in [0.15, 0.2) is 24.8 Å². The number of nitrogen functional groups attached to an aromatic ring is 1. The highest BCUT2D eigenvalue weighted by Gasteiger charge is 2.30. The highest BCUT2D eigenvalue weighted by Crippen LogP contribution is 2.50. The van der Waals surface area contributed by atoms with Gasteiger partial charge in [0.2, 0.25) is 7.37 Å². The highest BCUT2D eigenvalue weighted by molar-refractivity contribution is 7.58. The molecular formula is C13H18ClFNO3P. The van der Waals surface area contributed by atoms with Gasteiger partial charge in [0.05, 0.1) is 17.3 Å². The molecule has 0 spiro atoms. The van der Waals surface area contributed by atoms with Crippen molar-refractivity contribution in [2.45, 2.75) is 19.2 Å². The van der Waals surface area contributed by atoms with Crippen LogP contribution in [-0.2, 0) is 9.09 Å². The predicted octanol–water partition coefficient (Wildman–Crippen LogP) is 4.29. The van der Waals surface area contributed by atoms with E-state index in [9.17, 15) is 8.96 Å². The summed E-state index contributed by atoms with van der Waals surface area (Å²) in [5.74, 6) is -1.13. The van der Waals surface area contributed by atoms with Crippen LogP contribution in [0, 0.1) is 5.82 Å². The van der Waals surface area contributed by atoms with E-state index in [2.05, 4.69) is 6.58 Å². The first-order valence-corrected chi connectivity index (χ1v) is 8.57. The molecule has 4 nitrogen and oxygen atoms in total. The van der Waals surface area contributed by atoms with Crippen LogP contribution in [0.1, 0.15) is 13.3 Å². The molecule has 0 amide bonds. The fourth-order valence-corrected chi connectivity index (χ4v) is 3.31. The number of halogens is 2. The van der Waals surface area contributed by atoms with Crippen molar-refractivity contribution in [2.24, 2.45) is 0 Å². The van der Waals surface area contributed by atoms with Crippen LogP contribution in [0.5, 0.6) is 5.75 Å². The number of ether oxygens (including phenoxy) is 1. The van der Waals surface area contributed by atoms with Gasteiger partial charge in [-0.15, -0.1) is 6.58 Å². The van der Waals surface area contributed by atoms with Crippen molar-refractivity contribution in [1.82, 2.24) is 0 Å². The molecule has 7 heteroatoms. The van der Waals surface area contributed by atoms with Gasteiger partial charge in [0.25, 0.3) is 0 Å². The van der Waals surface area contributed by atoms with Crippen LogP contribution in [0.4, 0.5) is 10.1 Å². The normalized spacial score (nSPS) is 15.4. The molecule has 0 aromatic heterocycles. The molecule has 2 N–H and O–H groups in total. The topological polar surface area (TPSA) is 61.5 Å². The van der Waals surface area contributed by atoms with Crippen LogP contribution in [0.25, 0.3) is 0 Å². The lowest BCUT2D eigenvalue weighted by Crippen LogP contribution is -2.17. The minimum atomic E-state index is -3.02. The lowest BCUT2D eigenvalue weighted by Gasteiger charge is -2.24. The van der Waals surface area contributed by atoms with E-state index < -0.39 is 19.0 Å². The molecular weight excluding hydrogens is 304 g/mol. The van der Waals surface area contributed by atoms with Crippen molar-refractivity contribution < 1.29 is 18.2 Å². The summed E-state index contributed by atoms with van der Waals surface area (Å²) in [6.45, 7) is 6.94. The number of rotatable bonds is 7. The number of hydrogen-bond donors (Lipinski definition) is 1. The lowest BCUT2D eigenvalue weighted by atomic mass is 10.3. The second-order valence-corrected chi connectivity index (χ2v) is 7.34. The molecule has 0 saturated heterocycles. The highest BCUT2D eigenvalue weighted by atomic mass is 35.5. The first-order valence-electron chi connectivity index (χ1n) is 6.05. The average Bonchev–Trinajstić information content (AvgIpc) is 2.38. The lowest BCUT2D eigenvalue weighted by molar-refractivity contribution is 0.233. The fraction of sp³-hybridized carbons (Fsp3) is 0.385. The Morgan fingerprint density at radius 3 is 2.80 bits per heavy atom. The zero-order valence-electron chi connectivity index (χ0n) is 11.4. The predicted molar refractivity (Wildman–Crippen MR) is 80.2 cm³/mol. The van der Waals surface area contributed by atoms with Crippen molar-refractivity contribution >= 4 is 24.7 Å². The fourth-order valence-electron chi connectivity index (χ4n) is 1.58. The van der Waals surface area contributed by atoms with Crippen LogP contribution < -0.4 is 10.5 Å². The summed E-state index contributed by atoms with van der Waals surface area (Å²) < 4.78 is 36.5. The molecule has 1 aromatic rings. The minimum Gasteiger partial charge on any atom is -0.479 e. The second kappa shape index (κ2) is 7.11. The molecule has 20 heavy (non-hydrogen) atoms. The Labute approximate surface area is 123 Å². The maximum atomic E-state index is 13.2. The molecule has 0 aliphatic carbocycles. The van der Waals surface area contributed by atoms with E-state index in [0.717, 1.165) is 6.07 Å². The van der Waals surface area contributed by atoms with Gasteiger partial charge in [-0.1, -0.05) is 24.6 Å². The summed E-state index contributed by atoms with van der Waals surface area (Å²) in [7, 11) is -3.02. The van der Waals surface area contributed by atoms with Crippen LogP contribution in [0.3, 0.4) is 0 Å². The first-order chi connectivity index (χ1) is 9.31. The summed E-state index contributed by atoms with van der Waals surface area (Å²) in [6.07, 6.45) is 1.95. The molecule has 1 aromatic carbocycles. The molecule has 2 atom stereocenters. The standard InChI is InChI=1S/C13H18ClFNO3P/c1-4-6-18-20(3,17)13(5-2)19-12-8-11(16)10(15)7-9(12)14/h4,7-8,13H,1,5-6,16H2,2-3H3. The third kappa shape index (κ3) is 4.23. The van der Waals surface area contributed by atoms with E-state index in [-0.39, 0.29) is 23.1 Å². The Morgan fingerprint density at radius 2 is 2.25 bits per heavy atom. The van der Waals surface area contributed by atoms with Gasteiger partial charge in [-0.25, -0.2) is 4.39 Å². The number of hydrogen-bond acceptors (Lipinski definition) is 4. The molecule has 0 bridgehead atoms. The molecule has 0 radical (unpaired) electrons. The van der Waals surface area contributed by atoms with Crippen molar-refractivity contribution in [2.75, 3.05) is 19.0 Å². The SMILES string of the molecule is C=CCOP(C)(=O)C(CC)Oc1cc(N)c(F)cc1Cl. The van der Waals surface area contributed by atoms with Crippen LogP contribution in [0.2, 0.25) is 5.02 Å². The van der Waals surface area contributed by atoms with Crippen molar-refractivity contribution in [3.05, 3.63) is 35.6 Å². The summed E-state index contributed by atoms with van der Waals surface area (Å²) >= 11 is 5.89. The zero-order valence-corrected chi connectivity index (χ0v) is 13.1. The van der Waals surface area contributed by atoms with Gasteiger partial charge < -0.3 is 15.0 Å². The third-order valence-corrected chi connectivity index (χ3v) is 5.11. The van der Waals surface area contributed by atoms with Gasteiger partial charge in [-0.2, -0.15) is 0 Å². The van der Waals surface area contributed by atoms with E-state index in [1.807, 2.05) is 0 Å². The van der Waals surface area contributed by atoms with Gasteiger partial charge in [0, 0.05) is 12.7 Å². The van der Waals surface area contributed by atoms with E-state index in [0.29, 0.717) is 6.42 Å². The largest absolute Gasteiger partial charge is 0.479 e. The third-order valence-electron chi connectivity index (χ3n) is 2.64. The van der Waals surface area contributed by atoms with Gasteiger partial charge in [0.1, 0.15) is 11.6 Å². The Morgan fingerprint density at radius 1 is 1.60 bits per heavy atom.